The van der Waals surface area contributed by atoms with Gasteiger partial charge in [0.1, 0.15) is 5.75 Å². The second kappa shape index (κ2) is 4.68. The summed E-state index contributed by atoms with van der Waals surface area (Å²) in [4.78, 5) is 10.4. The van der Waals surface area contributed by atoms with Gasteiger partial charge in [0.05, 0.1) is 10.9 Å². The summed E-state index contributed by atoms with van der Waals surface area (Å²) in [5.74, 6) is 5.62. The van der Waals surface area contributed by atoms with Crippen LogP contribution in [0.4, 0.5) is 0 Å². The molecular weight excluding hydrogens is 232 g/mol. The lowest BCUT2D eigenvalue weighted by Gasteiger charge is -1.96. The van der Waals surface area contributed by atoms with E-state index < -0.39 is 0 Å². The number of benzene rings is 1. The minimum absolute atomic E-state index is 0.0145. The molecule has 2 nitrogen and oxygen atoms in total. The first-order chi connectivity index (χ1) is 6.27. The Morgan fingerprint density at radius 2 is 2.31 bits per heavy atom. The van der Waals surface area contributed by atoms with Crippen LogP contribution in [-0.2, 0) is 0 Å². The summed E-state index contributed by atoms with van der Waals surface area (Å²) in [5, 5.41) is 9.76. The molecule has 1 N–H and O–H groups in total. The van der Waals surface area contributed by atoms with E-state index in [0.717, 1.165) is 5.56 Å². The molecular formula is C10H7BrO2. The third kappa shape index (κ3) is 2.60. The highest BCUT2D eigenvalue weighted by molar-refractivity contribution is 9.09. The Balaban J connectivity index is 3.06. The molecule has 0 aliphatic rings. The molecule has 66 valence electrons. The molecule has 13 heavy (non-hydrogen) atoms. The summed E-state index contributed by atoms with van der Waals surface area (Å²) < 4.78 is 0. The maximum absolute atomic E-state index is 10.4. The van der Waals surface area contributed by atoms with Gasteiger partial charge in [-0.05, 0) is 18.2 Å². The third-order valence-electron chi connectivity index (χ3n) is 1.45. The van der Waals surface area contributed by atoms with Crippen molar-refractivity contribution in [1.82, 2.24) is 0 Å². The van der Waals surface area contributed by atoms with Gasteiger partial charge < -0.3 is 5.11 Å². The molecule has 0 atom stereocenters. The third-order valence-corrected chi connectivity index (χ3v) is 1.73. The number of phenolic OH excluding ortho intramolecular Hbond substituents is 1. The van der Waals surface area contributed by atoms with Crippen LogP contribution in [0.2, 0.25) is 0 Å². The van der Waals surface area contributed by atoms with E-state index in [-0.39, 0.29) is 11.3 Å². The van der Waals surface area contributed by atoms with Gasteiger partial charge >= 0.3 is 0 Å². The molecule has 0 saturated carbocycles. The largest absolute Gasteiger partial charge is 0.507 e. The van der Waals surface area contributed by atoms with E-state index in [1.807, 2.05) is 0 Å². The van der Waals surface area contributed by atoms with Crippen molar-refractivity contribution >= 4 is 22.2 Å². The van der Waals surface area contributed by atoms with Gasteiger partial charge in [-0.1, -0.05) is 27.8 Å². The summed E-state index contributed by atoms with van der Waals surface area (Å²) in [5.41, 5.74) is 0.987. The number of aldehydes is 1. The highest BCUT2D eigenvalue weighted by Crippen LogP contribution is 2.15. The number of halogens is 1. The Labute approximate surface area is 84.7 Å². The van der Waals surface area contributed by atoms with Crippen LogP contribution in [0.1, 0.15) is 15.9 Å². The zero-order chi connectivity index (χ0) is 9.68. The molecule has 1 aromatic rings. The van der Waals surface area contributed by atoms with E-state index in [9.17, 15) is 9.90 Å². The van der Waals surface area contributed by atoms with Crippen molar-refractivity contribution in [1.29, 1.82) is 0 Å². The van der Waals surface area contributed by atoms with Gasteiger partial charge in [0, 0.05) is 5.56 Å². The predicted octanol–water partition coefficient (Wildman–Crippen LogP) is 1.95. The van der Waals surface area contributed by atoms with E-state index in [2.05, 4.69) is 27.8 Å². The van der Waals surface area contributed by atoms with Gasteiger partial charge in [-0.25, -0.2) is 0 Å². The SMILES string of the molecule is O=Cc1cc(C#CCBr)ccc1O. The summed E-state index contributed by atoms with van der Waals surface area (Å²) >= 11 is 3.16. The second-order valence-corrected chi connectivity index (χ2v) is 2.89. The van der Waals surface area contributed by atoms with Crippen molar-refractivity contribution in [3.8, 4) is 17.6 Å². The van der Waals surface area contributed by atoms with Crippen LogP contribution < -0.4 is 0 Å². The van der Waals surface area contributed by atoms with Crippen LogP contribution in [0.3, 0.4) is 0 Å². The summed E-state index contributed by atoms with van der Waals surface area (Å²) in [6.45, 7) is 0. The first-order valence-electron chi connectivity index (χ1n) is 3.61. The molecule has 1 aromatic carbocycles. The summed E-state index contributed by atoms with van der Waals surface area (Å²) in [6, 6.07) is 4.68. The Morgan fingerprint density at radius 1 is 1.54 bits per heavy atom. The molecule has 3 heteroatoms. The van der Waals surface area contributed by atoms with Crippen molar-refractivity contribution in [2.24, 2.45) is 0 Å². The Hall–Kier alpha value is -1.27. The number of rotatable bonds is 1. The standard InChI is InChI=1S/C10H7BrO2/c11-5-1-2-8-3-4-10(13)9(6-8)7-12/h3-4,6-7,13H,5H2. The molecule has 0 aromatic heterocycles. The zero-order valence-corrected chi connectivity index (χ0v) is 8.34. The van der Waals surface area contributed by atoms with Gasteiger partial charge in [0.25, 0.3) is 0 Å². The smallest absolute Gasteiger partial charge is 0.153 e. The van der Waals surface area contributed by atoms with Gasteiger partial charge in [-0.3, -0.25) is 4.79 Å². The number of hydrogen-bond acceptors (Lipinski definition) is 2. The fraction of sp³-hybridized carbons (Fsp3) is 0.100. The van der Waals surface area contributed by atoms with Crippen molar-refractivity contribution in [2.45, 2.75) is 0 Å². The molecule has 0 spiro atoms. The van der Waals surface area contributed by atoms with Crippen molar-refractivity contribution in [3.63, 3.8) is 0 Å². The first-order valence-corrected chi connectivity index (χ1v) is 4.73. The number of carbonyl (C=O) groups excluding carboxylic acids is 1. The molecule has 0 unspecified atom stereocenters. The van der Waals surface area contributed by atoms with Crippen LogP contribution in [0, 0.1) is 11.8 Å². The maximum atomic E-state index is 10.4. The van der Waals surface area contributed by atoms with Gasteiger partial charge in [0.2, 0.25) is 0 Å². The van der Waals surface area contributed by atoms with Crippen molar-refractivity contribution in [3.05, 3.63) is 29.3 Å². The zero-order valence-electron chi connectivity index (χ0n) is 6.75. The van der Waals surface area contributed by atoms with E-state index in [1.165, 1.54) is 6.07 Å². The Bertz CT molecular complexity index is 374. The van der Waals surface area contributed by atoms with Crippen LogP contribution in [0.25, 0.3) is 0 Å². The molecule has 0 heterocycles. The lowest BCUT2D eigenvalue weighted by molar-refractivity contribution is 0.112. The van der Waals surface area contributed by atoms with Crippen LogP contribution >= 0.6 is 15.9 Å². The number of alkyl halides is 1. The van der Waals surface area contributed by atoms with Crippen molar-refractivity contribution < 1.29 is 9.90 Å². The topological polar surface area (TPSA) is 37.3 Å². The molecule has 0 aliphatic heterocycles. The average Bonchev–Trinajstić information content (AvgIpc) is 2.16. The minimum Gasteiger partial charge on any atom is -0.507 e. The van der Waals surface area contributed by atoms with E-state index in [1.54, 1.807) is 12.1 Å². The predicted molar refractivity (Wildman–Crippen MR) is 54.2 cm³/mol. The molecule has 0 fully saturated rings. The monoisotopic (exact) mass is 238 g/mol. The molecule has 0 saturated heterocycles. The van der Waals surface area contributed by atoms with E-state index >= 15 is 0 Å². The molecule has 1 rings (SSSR count). The first kappa shape index (κ1) is 9.82. The van der Waals surface area contributed by atoms with Crippen LogP contribution in [0.5, 0.6) is 5.75 Å². The average molecular weight is 239 g/mol. The van der Waals surface area contributed by atoms with Gasteiger partial charge in [0.15, 0.2) is 6.29 Å². The summed E-state index contributed by atoms with van der Waals surface area (Å²) in [6.07, 6.45) is 0.606. The van der Waals surface area contributed by atoms with Gasteiger partial charge in [-0.2, -0.15) is 0 Å². The highest BCUT2D eigenvalue weighted by Gasteiger charge is 1.98. The van der Waals surface area contributed by atoms with Gasteiger partial charge in [-0.15, -0.1) is 0 Å². The number of aromatic hydroxyl groups is 1. The van der Waals surface area contributed by atoms with E-state index in [0.29, 0.717) is 11.6 Å². The lowest BCUT2D eigenvalue weighted by Crippen LogP contribution is -1.83. The Morgan fingerprint density at radius 3 is 2.92 bits per heavy atom. The quantitative estimate of drug-likeness (QED) is 0.462. The molecule has 0 radical (unpaired) electrons. The normalized spacial score (nSPS) is 8.69. The Kier molecular flexibility index (Phi) is 3.53. The van der Waals surface area contributed by atoms with Crippen molar-refractivity contribution in [2.75, 3.05) is 5.33 Å². The second-order valence-electron chi connectivity index (χ2n) is 2.33. The highest BCUT2D eigenvalue weighted by atomic mass is 79.9. The van der Waals surface area contributed by atoms with Crippen LogP contribution in [0.15, 0.2) is 18.2 Å². The number of carbonyl (C=O) groups is 1. The van der Waals surface area contributed by atoms with E-state index in [4.69, 9.17) is 0 Å². The minimum atomic E-state index is -0.0145. The molecule has 0 amide bonds. The van der Waals surface area contributed by atoms with Crippen LogP contribution in [-0.4, -0.2) is 16.7 Å². The number of hydrogen-bond donors (Lipinski definition) is 1. The number of phenols is 1. The summed E-state index contributed by atoms with van der Waals surface area (Å²) in [7, 11) is 0. The molecule has 0 aliphatic carbocycles. The maximum Gasteiger partial charge on any atom is 0.153 e. The fourth-order valence-corrected chi connectivity index (χ4v) is 1.00. The fourth-order valence-electron chi connectivity index (χ4n) is 0.862. The lowest BCUT2D eigenvalue weighted by atomic mass is 10.1. The molecule has 0 bridgehead atoms.